The topological polar surface area (TPSA) is 26.3 Å². The molecular formula is C11H11ClO2. The number of carbonyl (C=O) groups excluding carboxylic acids is 1. The number of halogens is 1. The molecule has 3 heteroatoms. The van der Waals surface area contributed by atoms with Crippen molar-refractivity contribution in [3.8, 4) is 5.75 Å². The molecule has 0 bridgehead atoms. The highest BCUT2D eigenvalue weighted by Crippen LogP contribution is 2.30. The fourth-order valence-corrected chi connectivity index (χ4v) is 1.82. The van der Waals surface area contributed by atoms with Gasteiger partial charge in [0, 0.05) is 6.42 Å². The highest BCUT2D eigenvalue weighted by atomic mass is 35.5. The zero-order chi connectivity index (χ0) is 9.97. The third-order valence-corrected chi connectivity index (χ3v) is 2.50. The van der Waals surface area contributed by atoms with Crippen molar-refractivity contribution in [1.82, 2.24) is 0 Å². The minimum atomic E-state index is 0.185. The van der Waals surface area contributed by atoms with Crippen molar-refractivity contribution in [3.63, 3.8) is 0 Å². The fraction of sp³-hybridized carbons (Fsp3) is 0.364. The average molecular weight is 211 g/mol. The first-order valence-electron chi connectivity index (χ1n) is 4.67. The van der Waals surface area contributed by atoms with Gasteiger partial charge >= 0.3 is 0 Å². The maximum atomic E-state index is 11.5. The van der Waals surface area contributed by atoms with Gasteiger partial charge in [-0.3, -0.25) is 4.79 Å². The monoisotopic (exact) mass is 210 g/mol. The van der Waals surface area contributed by atoms with Crippen LogP contribution in [0.3, 0.4) is 0 Å². The van der Waals surface area contributed by atoms with Crippen LogP contribution in [0.4, 0.5) is 0 Å². The predicted octanol–water partition coefficient (Wildman–Crippen LogP) is 2.43. The van der Waals surface area contributed by atoms with E-state index in [1.54, 1.807) is 0 Å². The van der Waals surface area contributed by atoms with Gasteiger partial charge in [0.25, 0.3) is 0 Å². The van der Waals surface area contributed by atoms with E-state index in [-0.39, 0.29) is 5.78 Å². The van der Waals surface area contributed by atoms with E-state index in [0.717, 1.165) is 17.5 Å². The Labute approximate surface area is 87.8 Å². The zero-order valence-electron chi connectivity index (χ0n) is 7.75. The van der Waals surface area contributed by atoms with Crippen LogP contribution < -0.4 is 4.74 Å². The van der Waals surface area contributed by atoms with E-state index in [0.29, 0.717) is 24.7 Å². The standard InChI is InChI=1S/C11H11ClO2/c12-6-7-14-10-3-1-2-8-4-5-9(13)11(8)10/h1-3H,4-7H2. The zero-order valence-corrected chi connectivity index (χ0v) is 8.51. The Kier molecular flexibility index (Phi) is 2.73. The maximum absolute atomic E-state index is 11.5. The van der Waals surface area contributed by atoms with E-state index in [1.165, 1.54) is 0 Å². The molecule has 0 fully saturated rings. The molecule has 0 N–H and O–H groups in total. The number of aryl methyl sites for hydroxylation is 1. The lowest BCUT2D eigenvalue weighted by Gasteiger charge is -2.07. The molecule has 14 heavy (non-hydrogen) atoms. The lowest BCUT2D eigenvalue weighted by Crippen LogP contribution is -2.03. The molecule has 0 spiro atoms. The molecule has 0 radical (unpaired) electrons. The molecule has 1 aromatic carbocycles. The molecule has 2 nitrogen and oxygen atoms in total. The smallest absolute Gasteiger partial charge is 0.167 e. The van der Waals surface area contributed by atoms with Gasteiger partial charge in [-0.05, 0) is 18.1 Å². The molecule has 0 saturated carbocycles. The van der Waals surface area contributed by atoms with Crippen LogP contribution in [0.2, 0.25) is 0 Å². The second-order valence-corrected chi connectivity index (χ2v) is 3.63. The van der Waals surface area contributed by atoms with Gasteiger partial charge in [-0.15, -0.1) is 11.6 Å². The minimum absolute atomic E-state index is 0.185. The molecule has 0 aliphatic heterocycles. The summed E-state index contributed by atoms with van der Waals surface area (Å²) in [6.45, 7) is 0.450. The van der Waals surface area contributed by atoms with Crippen molar-refractivity contribution in [3.05, 3.63) is 29.3 Å². The van der Waals surface area contributed by atoms with E-state index in [4.69, 9.17) is 16.3 Å². The molecule has 0 atom stereocenters. The molecule has 74 valence electrons. The first-order valence-corrected chi connectivity index (χ1v) is 5.20. The largest absolute Gasteiger partial charge is 0.492 e. The first kappa shape index (κ1) is 9.53. The van der Waals surface area contributed by atoms with Crippen molar-refractivity contribution in [1.29, 1.82) is 0 Å². The van der Waals surface area contributed by atoms with Gasteiger partial charge in [-0.2, -0.15) is 0 Å². The average Bonchev–Trinajstić information content (AvgIpc) is 2.58. The van der Waals surface area contributed by atoms with Gasteiger partial charge in [0.05, 0.1) is 11.4 Å². The molecule has 0 aromatic heterocycles. The molecular weight excluding hydrogens is 200 g/mol. The number of carbonyl (C=O) groups is 1. The number of alkyl halides is 1. The van der Waals surface area contributed by atoms with E-state index in [2.05, 4.69) is 0 Å². The molecule has 1 aromatic rings. The molecule has 0 unspecified atom stereocenters. The van der Waals surface area contributed by atoms with Crippen molar-refractivity contribution < 1.29 is 9.53 Å². The lowest BCUT2D eigenvalue weighted by atomic mass is 10.1. The summed E-state index contributed by atoms with van der Waals surface area (Å²) >= 11 is 5.53. The molecule has 0 saturated heterocycles. The van der Waals surface area contributed by atoms with Crippen LogP contribution in [0.1, 0.15) is 22.3 Å². The molecule has 1 aliphatic rings. The number of ketones is 1. The summed E-state index contributed by atoms with van der Waals surface area (Å²) in [6.07, 6.45) is 1.45. The Morgan fingerprint density at radius 1 is 1.36 bits per heavy atom. The van der Waals surface area contributed by atoms with Crippen molar-refractivity contribution in [2.75, 3.05) is 12.5 Å². The summed E-state index contributed by atoms with van der Waals surface area (Å²) in [5, 5.41) is 0. The van der Waals surface area contributed by atoms with Crippen molar-refractivity contribution >= 4 is 17.4 Å². The van der Waals surface area contributed by atoms with Crippen LogP contribution in [0, 0.1) is 0 Å². The highest BCUT2D eigenvalue weighted by Gasteiger charge is 2.23. The highest BCUT2D eigenvalue weighted by molar-refractivity contribution is 6.18. The van der Waals surface area contributed by atoms with E-state index in [9.17, 15) is 4.79 Å². The van der Waals surface area contributed by atoms with Gasteiger partial charge in [-0.25, -0.2) is 0 Å². The normalized spacial score (nSPS) is 14.2. The Hall–Kier alpha value is -1.02. The summed E-state index contributed by atoms with van der Waals surface area (Å²) < 4.78 is 5.42. The molecule has 0 heterocycles. The molecule has 2 rings (SSSR count). The number of hydrogen-bond acceptors (Lipinski definition) is 2. The summed E-state index contributed by atoms with van der Waals surface area (Å²) in [6, 6.07) is 5.73. The second-order valence-electron chi connectivity index (χ2n) is 3.25. The SMILES string of the molecule is O=C1CCc2cccc(OCCCl)c21. The Bertz CT molecular complexity index is 360. The van der Waals surface area contributed by atoms with Crippen LogP contribution in [-0.2, 0) is 6.42 Å². The van der Waals surface area contributed by atoms with Gasteiger partial charge < -0.3 is 4.74 Å². The number of fused-ring (bicyclic) bond motifs is 1. The van der Waals surface area contributed by atoms with Crippen LogP contribution in [0.25, 0.3) is 0 Å². The quantitative estimate of drug-likeness (QED) is 0.717. The number of Topliss-reactive ketones (excluding diaryl/α,β-unsaturated/α-hetero) is 1. The van der Waals surface area contributed by atoms with Crippen molar-refractivity contribution in [2.24, 2.45) is 0 Å². The van der Waals surface area contributed by atoms with Crippen LogP contribution in [-0.4, -0.2) is 18.3 Å². The number of hydrogen-bond donors (Lipinski definition) is 0. The summed E-state index contributed by atoms with van der Waals surface area (Å²) in [4.78, 5) is 11.5. The fourth-order valence-electron chi connectivity index (χ4n) is 1.74. The second kappa shape index (κ2) is 4.01. The summed E-state index contributed by atoms with van der Waals surface area (Å²) in [5.74, 6) is 1.31. The number of benzene rings is 1. The minimum Gasteiger partial charge on any atom is -0.492 e. The third kappa shape index (κ3) is 1.62. The van der Waals surface area contributed by atoms with E-state index >= 15 is 0 Å². The van der Waals surface area contributed by atoms with Gasteiger partial charge in [0.15, 0.2) is 5.78 Å². The van der Waals surface area contributed by atoms with Crippen LogP contribution in [0.5, 0.6) is 5.75 Å². The Morgan fingerprint density at radius 2 is 2.21 bits per heavy atom. The van der Waals surface area contributed by atoms with Gasteiger partial charge in [-0.1, -0.05) is 12.1 Å². The maximum Gasteiger partial charge on any atom is 0.167 e. The van der Waals surface area contributed by atoms with Gasteiger partial charge in [0.2, 0.25) is 0 Å². The first-order chi connectivity index (χ1) is 6.83. The van der Waals surface area contributed by atoms with Gasteiger partial charge in [0.1, 0.15) is 12.4 Å². The number of ether oxygens (including phenoxy) is 1. The van der Waals surface area contributed by atoms with Crippen LogP contribution >= 0.6 is 11.6 Å². The molecule has 0 amide bonds. The third-order valence-electron chi connectivity index (χ3n) is 2.35. The Balaban J connectivity index is 2.32. The van der Waals surface area contributed by atoms with E-state index in [1.807, 2.05) is 18.2 Å². The summed E-state index contributed by atoms with van der Waals surface area (Å²) in [5.41, 5.74) is 1.86. The Morgan fingerprint density at radius 3 is 3.00 bits per heavy atom. The summed E-state index contributed by atoms with van der Waals surface area (Å²) in [7, 11) is 0. The lowest BCUT2D eigenvalue weighted by molar-refractivity contribution is 0.0991. The number of rotatable bonds is 3. The van der Waals surface area contributed by atoms with Crippen LogP contribution in [0.15, 0.2) is 18.2 Å². The molecule has 1 aliphatic carbocycles. The van der Waals surface area contributed by atoms with Crippen molar-refractivity contribution in [2.45, 2.75) is 12.8 Å². The predicted molar refractivity (Wildman–Crippen MR) is 55.3 cm³/mol. The van der Waals surface area contributed by atoms with E-state index < -0.39 is 0 Å².